The molecule has 1 saturated carbocycles. The number of alkyl halides is 1. The number of halogens is 1. The van der Waals surface area contributed by atoms with Gasteiger partial charge < -0.3 is 4.57 Å². The third-order valence-electron chi connectivity index (χ3n) is 3.87. The van der Waals surface area contributed by atoms with Crippen LogP contribution in [0, 0.1) is 12.8 Å². The molecule has 2 aromatic heterocycles. The number of nitrogens with zero attached hydrogens (tertiary/aromatic N) is 3. The van der Waals surface area contributed by atoms with Crippen LogP contribution in [0.5, 0.6) is 0 Å². The van der Waals surface area contributed by atoms with Gasteiger partial charge >= 0.3 is 0 Å². The highest BCUT2D eigenvalue weighted by molar-refractivity contribution is 6.20. The first-order valence-electron chi connectivity index (χ1n) is 7.06. The number of pyridine rings is 1. The van der Waals surface area contributed by atoms with Gasteiger partial charge in [-0.25, -0.2) is 9.97 Å². The number of hydrogen-bond donors (Lipinski definition) is 0. The minimum atomic E-state index is -0.0869. The van der Waals surface area contributed by atoms with Crippen molar-refractivity contribution in [2.75, 3.05) is 0 Å². The van der Waals surface area contributed by atoms with Crippen LogP contribution >= 0.6 is 11.6 Å². The standard InChI is InChI=1S/C15H20ClN3/c1-9-4-7-13-15(17-9)19(14(18-13)11(3)16)10(2)8-12-5-6-12/h4,7,10-12H,5-6,8H2,1-3H3. The van der Waals surface area contributed by atoms with Crippen LogP contribution < -0.4 is 0 Å². The maximum atomic E-state index is 6.30. The Hall–Kier alpha value is -1.09. The van der Waals surface area contributed by atoms with E-state index in [2.05, 4.69) is 21.5 Å². The Bertz CT molecular complexity index is 599. The maximum Gasteiger partial charge on any atom is 0.160 e. The summed E-state index contributed by atoms with van der Waals surface area (Å²) in [6, 6.07) is 4.47. The summed E-state index contributed by atoms with van der Waals surface area (Å²) in [5, 5.41) is -0.0869. The van der Waals surface area contributed by atoms with E-state index >= 15 is 0 Å². The largest absolute Gasteiger partial charge is 0.309 e. The molecule has 1 aliphatic carbocycles. The Morgan fingerprint density at radius 1 is 1.32 bits per heavy atom. The van der Waals surface area contributed by atoms with Crippen LogP contribution in [0.15, 0.2) is 12.1 Å². The first-order valence-corrected chi connectivity index (χ1v) is 7.49. The first-order chi connectivity index (χ1) is 9.06. The molecule has 3 nitrogen and oxygen atoms in total. The molecule has 4 heteroatoms. The zero-order valence-electron chi connectivity index (χ0n) is 11.7. The van der Waals surface area contributed by atoms with Gasteiger partial charge in [0.25, 0.3) is 0 Å². The van der Waals surface area contributed by atoms with Crippen LogP contribution in [0.4, 0.5) is 0 Å². The number of imidazole rings is 1. The van der Waals surface area contributed by atoms with Crippen molar-refractivity contribution in [3.63, 3.8) is 0 Å². The van der Waals surface area contributed by atoms with Crippen LogP contribution in [-0.4, -0.2) is 14.5 Å². The van der Waals surface area contributed by atoms with Crippen LogP contribution in [0.3, 0.4) is 0 Å². The minimum Gasteiger partial charge on any atom is -0.309 e. The second-order valence-corrected chi connectivity index (χ2v) is 6.43. The quantitative estimate of drug-likeness (QED) is 0.776. The molecular weight excluding hydrogens is 258 g/mol. The highest BCUT2D eigenvalue weighted by Crippen LogP contribution is 2.38. The fourth-order valence-corrected chi connectivity index (χ4v) is 2.90. The van der Waals surface area contributed by atoms with Gasteiger partial charge in [0, 0.05) is 11.7 Å². The molecule has 0 N–H and O–H groups in total. The normalized spacial score (nSPS) is 18.7. The Balaban J connectivity index is 2.11. The molecular formula is C15H20ClN3. The summed E-state index contributed by atoms with van der Waals surface area (Å²) in [5.41, 5.74) is 2.97. The van der Waals surface area contributed by atoms with Gasteiger partial charge in [-0.2, -0.15) is 0 Å². The number of aryl methyl sites for hydroxylation is 1. The second kappa shape index (κ2) is 4.78. The lowest BCUT2D eigenvalue weighted by atomic mass is 10.1. The van der Waals surface area contributed by atoms with E-state index < -0.39 is 0 Å². The number of hydrogen-bond acceptors (Lipinski definition) is 2. The van der Waals surface area contributed by atoms with Gasteiger partial charge in [0.1, 0.15) is 11.3 Å². The molecule has 19 heavy (non-hydrogen) atoms. The van der Waals surface area contributed by atoms with Gasteiger partial charge in [-0.15, -0.1) is 11.6 Å². The predicted octanol–water partition coefficient (Wildman–Crippen LogP) is 4.40. The lowest BCUT2D eigenvalue weighted by molar-refractivity contribution is 0.469. The highest BCUT2D eigenvalue weighted by atomic mass is 35.5. The van der Waals surface area contributed by atoms with Crippen LogP contribution in [0.2, 0.25) is 0 Å². The molecule has 3 rings (SSSR count). The van der Waals surface area contributed by atoms with Gasteiger partial charge in [-0.1, -0.05) is 12.8 Å². The van der Waals surface area contributed by atoms with Crippen molar-refractivity contribution in [1.82, 2.24) is 14.5 Å². The topological polar surface area (TPSA) is 30.7 Å². The molecule has 2 heterocycles. The molecule has 0 bridgehead atoms. The van der Waals surface area contributed by atoms with E-state index in [9.17, 15) is 0 Å². The zero-order valence-corrected chi connectivity index (χ0v) is 12.5. The van der Waals surface area contributed by atoms with Crippen molar-refractivity contribution >= 4 is 22.8 Å². The molecule has 2 aromatic rings. The molecule has 0 amide bonds. The van der Waals surface area contributed by atoms with E-state index in [4.69, 9.17) is 11.6 Å². The van der Waals surface area contributed by atoms with E-state index in [-0.39, 0.29) is 5.38 Å². The predicted molar refractivity (Wildman–Crippen MR) is 78.6 cm³/mol. The van der Waals surface area contributed by atoms with E-state index in [0.29, 0.717) is 6.04 Å². The number of aromatic nitrogens is 3. The van der Waals surface area contributed by atoms with Gasteiger partial charge in [0.05, 0.1) is 5.38 Å². The summed E-state index contributed by atoms with van der Waals surface area (Å²) in [4.78, 5) is 9.34. The first kappa shape index (κ1) is 12.9. The Labute approximate surface area is 119 Å². The van der Waals surface area contributed by atoms with Gasteiger partial charge in [-0.3, -0.25) is 0 Å². The van der Waals surface area contributed by atoms with Crippen LogP contribution in [0.1, 0.15) is 56.0 Å². The second-order valence-electron chi connectivity index (χ2n) is 5.78. The van der Waals surface area contributed by atoms with E-state index in [1.807, 2.05) is 26.0 Å². The third kappa shape index (κ3) is 2.48. The smallest absolute Gasteiger partial charge is 0.160 e. The fourth-order valence-electron chi connectivity index (χ4n) is 2.74. The van der Waals surface area contributed by atoms with Crippen molar-refractivity contribution in [3.05, 3.63) is 23.7 Å². The molecule has 0 aliphatic heterocycles. The van der Waals surface area contributed by atoms with E-state index in [1.54, 1.807) is 0 Å². The molecule has 2 unspecified atom stereocenters. The van der Waals surface area contributed by atoms with Crippen molar-refractivity contribution in [1.29, 1.82) is 0 Å². The minimum absolute atomic E-state index is 0.0869. The van der Waals surface area contributed by atoms with Crippen molar-refractivity contribution < 1.29 is 0 Å². The average molecular weight is 278 g/mol. The third-order valence-corrected chi connectivity index (χ3v) is 4.07. The van der Waals surface area contributed by atoms with Gasteiger partial charge in [0.2, 0.25) is 0 Å². The Morgan fingerprint density at radius 2 is 2.05 bits per heavy atom. The molecule has 0 aromatic carbocycles. The summed E-state index contributed by atoms with van der Waals surface area (Å²) in [6.45, 7) is 6.26. The lowest BCUT2D eigenvalue weighted by Crippen LogP contribution is -2.11. The summed E-state index contributed by atoms with van der Waals surface area (Å²) in [5.74, 6) is 1.83. The van der Waals surface area contributed by atoms with E-state index in [0.717, 1.165) is 28.6 Å². The molecule has 2 atom stereocenters. The van der Waals surface area contributed by atoms with E-state index in [1.165, 1.54) is 19.3 Å². The summed E-state index contributed by atoms with van der Waals surface area (Å²) < 4.78 is 2.25. The summed E-state index contributed by atoms with van der Waals surface area (Å²) in [7, 11) is 0. The monoisotopic (exact) mass is 277 g/mol. The molecule has 1 fully saturated rings. The Kier molecular flexibility index (Phi) is 3.25. The van der Waals surface area contributed by atoms with Crippen molar-refractivity contribution in [2.45, 2.75) is 51.5 Å². The SMILES string of the molecule is Cc1ccc2nc(C(C)Cl)n(C(C)CC3CC3)c2n1. The Morgan fingerprint density at radius 3 is 2.68 bits per heavy atom. The molecule has 0 spiro atoms. The van der Waals surface area contributed by atoms with Crippen molar-refractivity contribution in [3.8, 4) is 0 Å². The summed E-state index contributed by atoms with van der Waals surface area (Å²) >= 11 is 6.30. The zero-order chi connectivity index (χ0) is 13.6. The van der Waals surface area contributed by atoms with Crippen LogP contribution in [-0.2, 0) is 0 Å². The van der Waals surface area contributed by atoms with Crippen LogP contribution in [0.25, 0.3) is 11.2 Å². The molecule has 102 valence electrons. The lowest BCUT2D eigenvalue weighted by Gasteiger charge is -2.17. The number of fused-ring (bicyclic) bond motifs is 1. The van der Waals surface area contributed by atoms with Gasteiger partial charge in [0.15, 0.2) is 5.65 Å². The molecule has 0 radical (unpaired) electrons. The molecule has 1 aliphatic rings. The maximum absolute atomic E-state index is 6.30. The number of rotatable bonds is 4. The van der Waals surface area contributed by atoms with Crippen molar-refractivity contribution in [2.24, 2.45) is 5.92 Å². The summed E-state index contributed by atoms with van der Waals surface area (Å²) in [6.07, 6.45) is 3.95. The highest BCUT2D eigenvalue weighted by Gasteiger charge is 2.27. The van der Waals surface area contributed by atoms with Gasteiger partial charge in [-0.05, 0) is 45.2 Å². The fraction of sp³-hybridized carbons (Fsp3) is 0.600. The average Bonchev–Trinajstić information content (AvgIpc) is 3.07. The molecule has 0 saturated heterocycles.